The fourth-order valence-electron chi connectivity index (χ4n) is 12.6. The van der Waals surface area contributed by atoms with Gasteiger partial charge in [0, 0.05) is 0 Å². The summed E-state index contributed by atoms with van der Waals surface area (Å²) in [4.78, 5) is 0. The average molecular weight is 819 g/mol. The number of hydrogen-bond donors (Lipinski definition) is 0. The molecule has 0 fully saturated rings. The Labute approximate surface area is 376 Å². The molecule has 0 saturated heterocycles. The predicted molar refractivity (Wildman–Crippen MR) is 276 cm³/mol. The molecule has 0 N–H and O–H groups in total. The van der Waals surface area contributed by atoms with Gasteiger partial charge in [0.25, 0.3) is 0 Å². The van der Waals surface area contributed by atoms with E-state index in [4.69, 9.17) is 0 Å². The van der Waals surface area contributed by atoms with Crippen molar-refractivity contribution in [2.75, 3.05) is 0 Å². The maximum absolute atomic E-state index is 2.58. The van der Waals surface area contributed by atoms with Crippen LogP contribution in [0.3, 0.4) is 0 Å². The minimum absolute atomic E-state index is 0.522. The van der Waals surface area contributed by atoms with Gasteiger partial charge in [0.1, 0.15) is 0 Å². The lowest BCUT2D eigenvalue weighted by Crippen LogP contribution is -2.26. The molecule has 0 aliphatic heterocycles. The fraction of sp³-hybridized carbons (Fsp3) is 0.0154. The summed E-state index contributed by atoms with van der Waals surface area (Å²) >= 11 is 0. The first-order valence-electron chi connectivity index (χ1n) is 22.8. The molecule has 0 nitrogen and oxygen atoms in total. The molecule has 0 saturated carbocycles. The van der Waals surface area contributed by atoms with Crippen molar-refractivity contribution in [1.29, 1.82) is 0 Å². The van der Waals surface area contributed by atoms with E-state index in [2.05, 4.69) is 231 Å². The molecular formula is C65H38. The van der Waals surface area contributed by atoms with E-state index in [-0.39, 0.29) is 0 Å². The van der Waals surface area contributed by atoms with E-state index < -0.39 is 5.41 Å². The topological polar surface area (TPSA) is 0 Å². The summed E-state index contributed by atoms with van der Waals surface area (Å²) in [5.41, 5.74) is 15.1. The molecule has 0 radical (unpaired) electrons. The zero-order valence-corrected chi connectivity index (χ0v) is 35.4. The van der Waals surface area contributed by atoms with Crippen LogP contribution in [0.25, 0.3) is 120 Å². The SMILES string of the molecule is c1ccc2c(c1)-c1ccccc1C21c2cc(-c3ccc4c5ccccc5c5ccccc5c4c3)ccc2-c2c1cc(-c1ccc3c4ccccc4c4ccccc4c3c1)c1ccccc21. The van der Waals surface area contributed by atoms with E-state index >= 15 is 0 Å². The first-order valence-corrected chi connectivity index (χ1v) is 22.8. The van der Waals surface area contributed by atoms with Crippen molar-refractivity contribution in [3.8, 4) is 44.5 Å². The highest BCUT2D eigenvalue weighted by Gasteiger charge is 2.52. The zero-order chi connectivity index (χ0) is 42.4. The van der Waals surface area contributed by atoms with E-state index in [1.807, 2.05) is 0 Å². The molecule has 0 atom stereocenters. The highest BCUT2D eigenvalue weighted by molar-refractivity contribution is 6.27. The van der Waals surface area contributed by atoms with Crippen LogP contribution in [0.15, 0.2) is 231 Å². The fourth-order valence-corrected chi connectivity index (χ4v) is 12.6. The minimum atomic E-state index is -0.522. The quantitative estimate of drug-likeness (QED) is 0.152. The molecule has 13 aromatic carbocycles. The summed E-state index contributed by atoms with van der Waals surface area (Å²) < 4.78 is 0. The molecule has 2 aliphatic carbocycles. The summed E-state index contributed by atoms with van der Waals surface area (Å²) in [5, 5.41) is 18.1. The van der Waals surface area contributed by atoms with Crippen molar-refractivity contribution < 1.29 is 0 Å². The van der Waals surface area contributed by atoms with E-state index in [0.29, 0.717) is 0 Å². The maximum Gasteiger partial charge on any atom is 0.0726 e. The van der Waals surface area contributed by atoms with Gasteiger partial charge in [-0.15, -0.1) is 0 Å². The second kappa shape index (κ2) is 12.9. The lowest BCUT2D eigenvalue weighted by Gasteiger charge is -2.31. The Morgan fingerprint density at radius 3 is 1.08 bits per heavy atom. The summed E-state index contributed by atoms with van der Waals surface area (Å²) in [5.74, 6) is 0. The summed E-state index contributed by atoms with van der Waals surface area (Å²) in [6.45, 7) is 0. The first kappa shape index (κ1) is 35.2. The molecule has 0 heteroatoms. The van der Waals surface area contributed by atoms with Gasteiger partial charge in [0.15, 0.2) is 0 Å². The standard InChI is InChI=1S/C65H38/c1-3-19-46-42(15-1)44-17-5-7-21-48(44)58-35-39(29-32-51(46)58)40-30-34-56-62(37-40)65(60-27-13-11-24-53(60)54-25-12-14-28-61(54)65)63-38-57(50-23-9-10-26-55(50)64(56)63)41-31-33-52-47-20-4-2-16-43(47)45-18-6-8-22-49(45)59(52)36-41/h1-38H. The molecule has 65 heavy (non-hydrogen) atoms. The normalized spacial score (nSPS) is 13.4. The smallest absolute Gasteiger partial charge is 0.0619 e. The molecule has 0 amide bonds. The van der Waals surface area contributed by atoms with Crippen molar-refractivity contribution in [2.24, 2.45) is 0 Å². The van der Waals surface area contributed by atoms with Crippen LogP contribution in [0.5, 0.6) is 0 Å². The van der Waals surface area contributed by atoms with Crippen molar-refractivity contribution in [1.82, 2.24) is 0 Å². The molecule has 0 bridgehead atoms. The first-order chi connectivity index (χ1) is 32.3. The molecule has 1 spiro atoms. The van der Waals surface area contributed by atoms with Crippen LogP contribution in [-0.4, -0.2) is 0 Å². The predicted octanol–water partition coefficient (Wildman–Crippen LogP) is 17.4. The molecule has 0 aromatic heterocycles. The van der Waals surface area contributed by atoms with Gasteiger partial charge in [-0.2, -0.15) is 0 Å². The Morgan fingerprint density at radius 2 is 0.554 bits per heavy atom. The molecule has 298 valence electrons. The molecule has 0 heterocycles. The van der Waals surface area contributed by atoms with Gasteiger partial charge in [0.2, 0.25) is 0 Å². The number of rotatable bonds is 2. The van der Waals surface area contributed by atoms with E-state index in [1.165, 1.54) is 142 Å². The van der Waals surface area contributed by atoms with Crippen LogP contribution in [-0.2, 0) is 5.41 Å². The second-order valence-electron chi connectivity index (χ2n) is 18.2. The summed E-state index contributed by atoms with van der Waals surface area (Å²) in [6.07, 6.45) is 0. The van der Waals surface area contributed by atoms with Gasteiger partial charge in [-0.3, -0.25) is 0 Å². The van der Waals surface area contributed by atoms with Gasteiger partial charge < -0.3 is 0 Å². The Bertz CT molecular complexity index is 4130. The van der Waals surface area contributed by atoms with Gasteiger partial charge >= 0.3 is 0 Å². The van der Waals surface area contributed by atoms with Gasteiger partial charge in [-0.05, 0) is 166 Å². The van der Waals surface area contributed by atoms with Crippen LogP contribution >= 0.6 is 0 Å². The number of hydrogen-bond acceptors (Lipinski definition) is 0. The maximum atomic E-state index is 2.58. The third-order valence-corrected chi connectivity index (χ3v) is 15.2. The lowest BCUT2D eigenvalue weighted by molar-refractivity contribution is 0.795. The third-order valence-electron chi connectivity index (χ3n) is 15.2. The Kier molecular flexibility index (Phi) is 6.97. The molecule has 2 aliphatic rings. The second-order valence-corrected chi connectivity index (χ2v) is 18.2. The Morgan fingerprint density at radius 1 is 0.185 bits per heavy atom. The average Bonchev–Trinajstić information content (AvgIpc) is 3.85. The largest absolute Gasteiger partial charge is 0.0726 e. The van der Waals surface area contributed by atoms with E-state index in [1.54, 1.807) is 0 Å². The summed E-state index contributed by atoms with van der Waals surface area (Å²) in [6, 6.07) is 87.4. The zero-order valence-electron chi connectivity index (χ0n) is 35.4. The molecule has 13 aromatic rings. The summed E-state index contributed by atoms with van der Waals surface area (Å²) in [7, 11) is 0. The van der Waals surface area contributed by atoms with Crippen LogP contribution in [0.1, 0.15) is 22.3 Å². The van der Waals surface area contributed by atoms with Gasteiger partial charge in [-0.1, -0.05) is 206 Å². The van der Waals surface area contributed by atoms with Crippen LogP contribution in [0.2, 0.25) is 0 Å². The molecule has 15 rings (SSSR count). The number of fused-ring (bicyclic) bond motifs is 24. The third kappa shape index (κ3) is 4.55. The number of benzene rings is 13. The van der Waals surface area contributed by atoms with Crippen molar-refractivity contribution in [3.63, 3.8) is 0 Å². The van der Waals surface area contributed by atoms with E-state index in [0.717, 1.165) is 0 Å². The molecular weight excluding hydrogens is 781 g/mol. The Balaban J connectivity index is 1.03. The van der Waals surface area contributed by atoms with Gasteiger partial charge in [0.05, 0.1) is 5.41 Å². The molecule has 0 unspecified atom stereocenters. The van der Waals surface area contributed by atoms with Crippen LogP contribution in [0.4, 0.5) is 0 Å². The van der Waals surface area contributed by atoms with Crippen molar-refractivity contribution in [3.05, 3.63) is 253 Å². The lowest BCUT2D eigenvalue weighted by atomic mass is 9.69. The highest BCUT2D eigenvalue weighted by atomic mass is 14.5. The Hall–Kier alpha value is -8.32. The van der Waals surface area contributed by atoms with Gasteiger partial charge in [-0.25, -0.2) is 0 Å². The van der Waals surface area contributed by atoms with E-state index in [9.17, 15) is 0 Å². The minimum Gasteiger partial charge on any atom is -0.0619 e. The van der Waals surface area contributed by atoms with Crippen LogP contribution in [0, 0.1) is 0 Å². The van der Waals surface area contributed by atoms with Crippen molar-refractivity contribution in [2.45, 2.75) is 5.41 Å². The monoisotopic (exact) mass is 818 g/mol. The van der Waals surface area contributed by atoms with Crippen LogP contribution < -0.4 is 0 Å². The highest BCUT2D eigenvalue weighted by Crippen LogP contribution is 2.65. The van der Waals surface area contributed by atoms with Crippen molar-refractivity contribution >= 4 is 75.4 Å².